The number of carbonyl (C=O) groups is 4. The zero-order valence-electron chi connectivity index (χ0n) is 70.1. The second kappa shape index (κ2) is 72.2. The van der Waals surface area contributed by atoms with Crippen LogP contribution in [0.1, 0.15) is 6.42 Å². The number of hydrogen-bond donors (Lipinski definition) is 37. The second-order valence-corrected chi connectivity index (χ2v) is 29.6. The highest BCUT2D eigenvalue weighted by Gasteiger charge is 2.38. The number of hydrogen-bond acceptors (Lipinski definition) is 51. The Bertz CT molecular complexity index is 2620. The molecule has 0 bridgehead atoms. The van der Waals surface area contributed by atoms with Gasteiger partial charge in [0.2, 0.25) is 11.8 Å². The molecular formula is C71H143N7O48. The van der Waals surface area contributed by atoms with E-state index in [0.29, 0.717) is 0 Å². The molecule has 37 N–H and O–H groups in total. The Morgan fingerprint density at radius 2 is 0.421 bits per heavy atom. The Kier molecular flexibility index (Phi) is 69.8. The van der Waals surface area contributed by atoms with Crippen molar-refractivity contribution in [3.63, 3.8) is 0 Å². The van der Waals surface area contributed by atoms with Crippen LogP contribution in [0.3, 0.4) is 0 Å². The molecule has 0 rings (SSSR count). The van der Waals surface area contributed by atoms with Crippen LogP contribution < -0.4 is 26.6 Å². The number of likely N-dealkylation sites (N-methyl/N-ethyl adjacent to an activating group) is 1. The molecule has 750 valence electrons. The van der Waals surface area contributed by atoms with E-state index in [4.69, 9.17) is 77.3 Å². The van der Waals surface area contributed by atoms with Gasteiger partial charge in [0.25, 0.3) is 0 Å². The van der Waals surface area contributed by atoms with Gasteiger partial charge in [-0.25, -0.2) is 9.59 Å². The molecule has 12 unspecified atom stereocenters. The van der Waals surface area contributed by atoms with Crippen molar-refractivity contribution >= 4 is 24.0 Å². The molecule has 55 heteroatoms. The van der Waals surface area contributed by atoms with E-state index in [1.807, 2.05) is 0 Å². The second-order valence-electron chi connectivity index (χ2n) is 29.6. The summed E-state index contributed by atoms with van der Waals surface area (Å²) in [6.45, 7) is -16.3. The van der Waals surface area contributed by atoms with E-state index in [0.717, 1.165) is 9.80 Å². The maximum atomic E-state index is 12.7. The fraction of sp³-hybridized carbons (Fsp3) is 0.944. The molecule has 0 aliphatic rings. The van der Waals surface area contributed by atoms with Gasteiger partial charge in [-0.2, -0.15) is 0 Å². The smallest absolute Gasteiger partial charge is 0.407 e. The number of carbonyl (C=O) groups excluding carboxylic acids is 4. The van der Waals surface area contributed by atoms with Gasteiger partial charge in [-0.3, -0.25) is 19.4 Å². The van der Waals surface area contributed by atoms with Gasteiger partial charge in [-0.15, -0.1) is 0 Å². The van der Waals surface area contributed by atoms with E-state index in [1.54, 1.807) is 0 Å². The summed E-state index contributed by atoms with van der Waals surface area (Å²) < 4.78 is 62.3. The number of rotatable bonds is 82. The Labute approximate surface area is 725 Å². The van der Waals surface area contributed by atoms with Crippen LogP contribution in [0.5, 0.6) is 0 Å². The molecule has 0 saturated heterocycles. The van der Waals surface area contributed by atoms with Crippen molar-refractivity contribution in [2.24, 2.45) is 0 Å². The van der Waals surface area contributed by atoms with Crippen molar-refractivity contribution in [2.75, 3.05) is 244 Å². The zero-order chi connectivity index (χ0) is 95.4. The van der Waals surface area contributed by atoms with Gasteiger partial charge >= 0.3 is 12.2 Å². The lowest BCUT2D eigenvalue weighted by Crippen LogP contribution is -2.54. The third-order valence-corrected chi connectivity index (χ3v) is 17.5. The number of amides is 4. The Hall–Kier alpha value is -4.32. The summed E-state index contributed by atoms with van der Waals surface area (Å²) in [5.74, 6) is -1.20. The monoisotopic (exact) mass is 1860 g/mol. The standard InChI is InChI=1S/C71H143N7O48/c1-72-51(69(112)74-3-5-76-71(114)126-38-50(94)36-124-34-48(92)32-122-30-46(90)28-120-26-44(88)24-118-22-42(86)20-116-18-40(84)8-78(11-54(97)63(106)67(110)58(101)15-81)12-55(98)64(107)68(111)59(102)16-82)6-60(103)73-2-4-75-70(113)125-37-49(93)35-123-33-47(91)31-121-29-45(89)27-119-25-43(87)23-117-21-41(85)19-115-17-39(83)7-77(9-52(95)61(104)65(108)56(99)13-79)10-53(96)62(105)66(109)57(100)14-80/h39-59,61-68,72,79-102,104-111H,2-38H2,1H3,(H,73,103)(H,74,112)(H,75,113)(H,76,114)/t39?,40?,41?,42?,43?,44?,45?,46?,47?,48?,49?,50?,51-,52+,53+,54+,55+,56-,57-,58-,59-,61-,62-,63-,64-,65-,66-,67-,68-/m1/s1. The first-order chi connectivity index (χ1) is 59.5. The number of nitrogens with one attached hydrogen (secondary N) is 5. The number of aliphatic hydroxyl groups is 32. The van der Waals surface area contributed by atoms with Crippen LogP contribution in [-0.2, 0) is 66.4 Å². The highest BCUT2D eigenvalue weighted by Crippen LogP contribution is 2.15. The van der Waals surface area contributed by atoms with E-state index in [1.165, 1.54) is 7.05 Å². The lowest BCUT2D eigenvalue weighted by molar-refractivity contribution is -0.133. The molecule has 126 heavy (non-hydrogen) atoms. The molecule has 0 aliphatic heterocycles. The van der Waals surface area contributed by atoms with Crippen LogP contribution in [0.2, 0.25) is 0 Å². The topological polar surface area (TPSA) is 893 Å². The first-order valence-electron chi connectivity index (χ1n) is 40.3. The van der Waals surface area contributed by atoms with Crippen molar-refractivity contribution in [3.05, 3.63) is 0 Å². The predicted molar refractivity (Wildman–Crippen MR) is 420 cm³/mol. The van der Waals surface area contributed by atoms with E-state index in [9.17, 15) is 162 Å². The quantitative estimate of drug-likeness (QED) is 0.0251. The maximum Gasteiger partial charge on any atom is 0.407 e. The maximum absolute atomic E-state index is 12.7. The molecule has 0 aliphatic carbocycles. The predicted octanol–water partition coefficient (Wildman–Crippen LogP) is -22.5. The van der Waals surface area contributed by atoms with Crippen LogP contribution in [0.15, 0.2) is 0 Å². The molecule has 0 fully saturated rings. The average molecular weight is 1860 g/mol. The van der Waals surface area contributed by atoms with Crippen LogP contribution in [-0.4, -0.2) is 618 Å². The van der Waals surface area contributed by atoms with Crippen LogP contribution in [0, 0.1) is 0 Å². The number of aliphatic hydroxyl groups excluding tert-OH is 32. The van der Waals surface area contributed by atoms with Gasteiger partial charge in [0.05, 0.1) is 208 Å². The molecule has 0 aromatic heterocycles. The molecule has 0 saturated carbocycles. The van der Waals surface area contributed by atoms with E-state index in [-0.39, 0.29) is 138 Å². The molecule has 0 heterocycles. The SMILES string of the molecule is CN[C@H](CC(=O)NCCNC(=O)OCC(O)COCC(O)COCC(O)COCC(O)COCC(O)COCC(O)CN(C[C@H](O)[C@@H](O)[C@H](O)[C@H](O)CO)C[C@H](O)[C@@H](O)[C@H](O)[C@H](O)CO)C(=O)NCCNC(=O)OCC(O)COCC(O)COCC(O)COCC(O)COCC(O)COCC(O)CN(C[C@H](O)[C@@H](O)[C@H](O)[C@H](O)CO)C[C@H](O)[C@@H](O)[C@H](O)[C@H](O)CO. The Morgan fingerprint density at radius 1 is 0.238 bits per heavy atom. The minimum absolute atomic E-state index is 0.0933. The fourth-order valence-electron chi connectivity index (χ4n) is 10.6. The molecule has 55 nitrogen and oxygen atoms in total. The summed E-state index contributed by atoms with van der Waals surface area (Å²) in [5.41, 5.74) is 0. The molecule has 0 radical (unpaired) electrons. The number of ether oxygens (including phenoxy) is 12. The zero-order valence-corrected chi connectivity index (χ0v) is 70.1. The van der Waals surface area contributed by atoms with Crippen molar-refractivity contribution in [1.29, 1.82) is 0 Å². The van der Waals surface area contributed by atoms with Crippen LogP contribution in [0.4, 0.5) is 9.59 Å². The number of alkyl carbamates (subject to hydrolysis) is 2. The largest absolute Gasteiger partial charge is 0.447 e. The Morgan fingerprint density at radius 3 is 0.627 bits per heavy atom. The molecule has 0 aromatic rings. The highest BCUT2D eigenvalue weighted by atomic mass is 16.6. The average Bonchev–Trinajstić information content (AvgIpc) is 0.866. The van der Waals surface area contributed by atoms with Crippen molar-refractivity contribution < 1.29 is 239 Å². The highest BCUT2D eigenvalue weighted by molar-refractivity contribution is 5.88. The molecular weight excluding hydrogens is 1720 g/mol. The lowest BCUT2D eigenvalue weighted by Gasteiger charge is -2.34. The third-order valence-electron chi connectivity index (χ3n) is 17.5. The van der Waals surface area contributed by atoms with Gasteiger partial charge in [-0.1, -0.05) is 0 Å². The minimum atomic E-state index is -2.06. The molecule has 0 spiro atoms. The van der Waals surface area contributed by atoms with Gasteiger partial charge in [0.1, 0.15) is 148 Å². The van der Waals surface area contributed by atoms with Gasteiger partial charge < -0.3 is 247 Å². The molecule has 4 amide bonds. The Balaban J connectivity index is 4.30. The van der Waals surface area contributed by atoms with Crippen molar-refractivity contribution in [1.82, 2.24) is 36.4 Å². The van der Waals surface area contributed by atoms with Crippen molar-refractivity contribution in [3.8, 4) is 0 Å². The summed E-state index contributed by atoms with van der Waals surface area (Å²) >= 11 is 0. The first kappa shape index (κ1) is 122. The third kappa shape index (κ3) is 58.5. The van der Waals surface area contributed by atoms with Crippen LogP contribution >= 0.6 is 0 Å². The summed E-state index contributed by atoms with van der Waals surface area (Å²) in [7, 11) is 1.42. The van der Waals surface area contributed by atoms with Gasteiger partial charge in [0.15, 0.2) is 0 Å². The summed E-state index contributed by atoms with van der Waals surface area (Å²) in [4.78, 5) is 51.7. The summed E-state index contributed by atoms with van der Waals surface area (Å²) in [6, 6.07) is -1.02. The normalized spacial score (nSPS) is 19.2. The first-order valence-corrected chi connectivity index (χ1v) is 40.3. The molecule has 0 aromatic carbocycles. The number of nitrogens with zero attached hydrogens (tertiary/aromatic N) is 2. The van der Waals surface area contributed by atoms with E-state index < -0.39 is 306 Å². The summed E-state index contributed by atoms with van der Waals surface area (Å²) in [6.07, 6.45) is -49.1. The van der Waals surface area contributed by atoms with E-state index in [2.05, 4.69) is 26.6 Å². The van der Waals surface area contributed by atoms with Gasteiger partial charge in [-0.05, 0) is 7.05 Å². The lowest BCUT2D eigenvalue weighted by atomic mass is 10.0. The summed E-state index contributed by atoms with van der Waals surface area (Å²) in [5, 5.41) is 333. The van der Waals surface area contributed by atoms with Crippen LogP contribution in [0.25, 0.3) is 0 Å². The van der Waals surface area contributed by atoms with Crippen molar-refractivity contribution in [2.45, 2.75) is 183 Å². The minimum Gasteiger partial charge on any atom is -0.447 e. The fourth-order valence-corrected chi connectivity index (χ4v) is 10.6. The molecule has 29 atom stereocenters. The van der Waals surface area contributed by atoms with E-state index >= 15 is 0 Å². The van der Waals surface area contributed by atoms with Gasteiger partial charge in [0, 0.05) is 65.4 Å².